The van der Waals surface area contributed by atoms with Gasteiger partial charge in [0, 0.05) is 13.1 Å². The van der Waals surface area contributed by atoms with Crippen molar-refractivity contribution < 1.29 is 8.42 Å². The average molecular weight is 217 g/mol. The maximum atomic E-state index is 11.9. The summed E-state index contributed by atoms with van der Waals surface area (Å²) in [7, 11) is -3.35. The quantitative estimate of drug-likeness (QED) is 0.794. The number of aromatic nitrogens is 2. The maximum Gasteiger partial charge on any atom is 0.260 e. The van der Waals surface area contributed by atoms with Crippen LogP contribution < -0.4 is 0 Å². The number of nitrogens with zero attached hydrogens (tertiary/aromatic N) is 2. The van der Waals surface area contributed by atoms with Crippen molar-refractivity contribution in [1.82, 2.24) is 14.3 Å². The Kier molecular flexibility index (Phi) is 3.65. The molecule has 0 aliphatic rings. The van der Waals surface area contributed by atoms with E-state index in [9.17, 15) is 8.42 Å². The van der Waals surface area contributed by atoms with Crippen molar-refractivity contribution in [3.8, 4) is 0 Å². The van der Waals surface area contributed by atoms with Crippen LogP contribution in [0.3, 0.4) is 0 Å². The Hall–Kier alpha value is -0.880. The molecule has 1 rings (SSSR count). The zero-order chi connectivity index (χ0) is 10.6. The fraction of sp³-hybridized carbons (Fsp3) is 0.625. The van der Waals surface area contributed by atoms with Crippen LogP contribution in [0, 0.1) is 0 Å². The molecular formula is C8H15N3O2S. The fourth-order valence-electron chi connectivity index (χ4n) is 1.22. The van der Waals surface area contributed by atoms with Gasteiger partial charge >= 0.3 is 0 Å². The number of hydrogen-bond donors (Lipinski definition) is 1. The van der Waals surface area contributed by atoms with Crippen molar-refractivity contribution in [2.45, 2.75) is 25.3 Å². The van der Waals surface area contributed by atoms with E-state index in [0.717, 1.165) is 6.42 Å². The Morgan fingerprint density at radius 1 is 1.50 bits per heavy atom. The maximum absolute atomic E-state index is 11.9. The van der Waals surface area contributed by atoms with Gasteiger partial charge in [-0.1, -0.05) is 13.8 Å². The minimum absolute atomic E-state index is 0.160. The molecule has 1 N–H and O–H groups in total. The van der Waals surface area contributed by atoms with Crippen molar-refractivity contribution >= 4 is 10.0 Å². The summed E-state index contributed by atoms with van der Waals surface area (Å²) in [6.45, 7) is 4.79. The molecule has 0 radical (unpaired) electrons. The van der Waals surface area contributed by atoms with E-state index < -0.39 is 10.0 Å². The lowest BCUT2D eigenvalue weighted by Gasteiger charge is -2.18. The molecule has 0 fully saturated rings. The van der Waals surface area contributed by atoms with E-state index in [1.165, 1.54) is 16.8 Å². The van der Waals surface area contributed by atoms with Crippen LogP contribution in [-0.4, -0.2) is 35.8 Å². The van der Waals surface area contributed by atoms with Gasteiger partial charge in [-0.3, -0.25) is 0 Å². The second-order valence-corrected chi connectivity index (χ2v) is 4.82. The lowest BCUT2D eigenvalue weighted by atomic mass is 10.5. The number of imidazole rings is 1. The highest BCUT2D eigenvalue weighted by Crippen LogP contribution is 2.11. The topological polar surface area (TPSA) is 66.1 Å². The van der Waals surface area contributed by atoms with Crippen LogP contribution in [0.5, 0.6) is 0 Å². The minimum atomic E-state index is -3.35. The number of nitrogens with one attached hydrogen (secondary N) is 1. The molecule has 1 heterocycles. The Labute approximate surface area is 84.2 Å². The third kappa shape index (κ3) is 2.13. The van der Waals surface area contributed by atoms with Crippen molar-refractivity contribution in [1.29, 1.82) is 0 Å². The Bertz CT molecular complexity index is 358. The van der Waals surface area contributed by atoms with Gasteiger partial charge in [0.2, 0.25) is 0 Å². The first kappa shape index (κ1) is 11.2. The Morgan fingerprint density at radius 3 is 2.64 bits per heavy atom. The largest absolute Gasteiger partial charge is 0.335 e. The highest BCUT2D eigenvalue weighted by atomic mass is 32.2. The van der Waals surface area contributed by atoms with Crippen LogP contribution in [0.4, 0.5) is 0 Å². The Balaban J connectivity index is 2.94. The average Bonchev–Trinajstić information content (AvgIpc) is 2.66. The summed E-state index contributed by atoms with van der Waals surface area (Å²) < 4.78 is 25.2. The molecular weight excluding hydrogens is 202 g/mol. The molecule has 0 aliphatic heterocycles. The summed E-state index contributed by atoms with van der Waals surface area (Å²) in [6.07, 6.45) is 3.50. The second-order valence-electron chi connectivity index (χ2n) is 2.91. The molecule has 0 saturated heterocycles. The zero-order valence-corrected chi connectivity index (χ0v) is 9.21. The number of hydrogen-bond acceptors (Lipinski definition) is 3. The lowest BCUT2D eigenvalue weighted by molar-refractivity contribution is 0.425. The first-order valence-electron chi connectivity index (χ1n) is 4.61. The van der Waals surface area contributed by atoms with Crippen LogP contribution in [0.1, 0.15) is 20.3 Å². The molecule has 14 heavy (non-hydrogen) atoms. The molecule has 0 aromatic carbocycles. The number of rotatable bonds is 5. The Morgan fingerprint density at radius 2 is 2.21 bits per heavy atom. The predicted octanol–water partition coefficient (Wildman–Crippen LogP) is 0.830. The van der Waals surface area contributed by atoms with Gasteiger partial charge in [-0.05, 0) is 6.42 Å². The zero-order valence-electron chi connectivity index (χ0n) is 8.40. The van der Waals surface area contributed by atoms with Gasteiger partial charge in [0.05, 0.1) is 12.5 Å². The smallest absolute Gasteiger partial charge is 0.260 e. The van der Waals surface area contributed by atoms with Crippen LogP contribution in [-0.2, 0) is 10.0 Å². The molecule has 1 aromatic rings. The molecule has 1 aromatic heterocycles. The van der Waals surface area contributed by atoms with Gasteiger partial charge in [0.15, 0.2) is 5.03 Å². The van der Waals surface area contributed by atoms with E-state index in [4.69, 9.17) is 0 Å². The molecule has 0 atom stereocenters. The second kappa shape index (κ2) is 4.56. The van der Waals surface area contributed by atoms with Crippen molar-refractivity contribution in [3.63, 3.8) is 0 Å². The van der Waals surface area contributed by atoms with E-state index in [1.807, 2.05) is 13.8 Å². The van der Waals surface area contributed by atoms with Crippen LogP contribution in [0.15, 0.2) is 17.6 Å². The summed E-state index contributed by atoms with van der Waals surface area (Å²) in [4.78, 5) is 6.31. The van der Waals surface area contributed by atoms with E-state index in [2.05, 4.69) is 9.97 Å². The summed E-state index contributed by atoms with van der Waals surface area (Å²) in [6, 6.07) is 0. The van der Waals surface area contributed by atoms with E-state index in [1.54, 1.807) is 0 Å². The summed E-state index contributed by atoms with van der Waals surface area (Å²) >= 11 is 0. The van der Waals surface area contributed by atoms with Gasteiger partial charge in [-0.25, -0.2) is 13.4 Å². The monoisotopic (exact) mass is 217 g/mol. The van der Waals surface area contributed by atoms with Crippen LogP contribution in [0.25, 0.3) is 0 Å². The number of aromatic amines is 1. The van der Waals surface area contributed by atoms with Crippen LogP contribution >= 0.6 is 0 Å². The highest BCUT2D eigenvalue weighted by Gasteiger charge is 2.23. The van der Waals surface area contributed by atoms with Gasteiger partial charge < -0.3 is 4.98 Å². The summed E-state index contributed by atoms with van der Waals surface area (Å²) in [5, 5.41) is 0.160. The van der Waals surface area contributed by atoms with Crippen molar-refractivity contribution in [2.75, 3.05) is 13.1 Å². The molecule has 0 saturated carbocycles. The first-order chi connectivity index (χ1) is 6.62. The molecule has 0 bridgehead atoms. The fourth-order valence-corrected chi connectivity index (χ4v) is 2.66. The summed E-state index contributed by atoms with van der Waals surface area (Å²) in [5.74, 6) is 0. The molecule has 0 spiro atoms. The van der Waals surface area contributed by atoms with Gasteiger partial charge in [0.1, 0.15) is 0 Å². The first-order valence-corrected chi connectivity index (χ1v) is 6.05. The number of sulfonamides is 1. The molecule has 5 nitrogen and oxygen atoms in total. The predicted molar refractivity (Wildman–Crippen MR) is 53.3 cm³/mol. The standard InChI is InChI=1S/C8H15N3O2S/c1-3-5-11(4-2)14(12,13)8-6-9-7-10-8/h6-7H,3-5H2,1-2H3,(H,9,10). The number of H-pyrrole nitrogens is 1. The molecule has 0 amide bonds. The van der Waals surface area contributed by atoms with Crippen molar-refractivity contribution in [2.24, 2.45) is 0 Å². The highest BCUT2D eigenvalue weighted by molar-refractivity contribution is 7.89. The third-order valence-electron chi connectivity index (χ3n) is 1.92. The third-order valence-corrected chi connectivity index (χ3v) is 3.82. The van der Waals surface area contributed by atoms with E-state index >= 15 is 0 Å². The van der Waals surface area contributed by atoms with Crippen molar-refractivity contribution in [3.05, 3.63) is 12.5 Å². The van der Waals surface area contributed by atoms with Gasteiger partial charge in [-0.15, -0.1) is 0 Å². The lowest BCUT2D eigenvalue weighted by Crippen LogP contribution is -2.31. The van der Waals surface area contributed by atoms with Crippen LogP contribution in [0.2, 0.25) is 0 Å². The van der Waals surface area contributed by atoms with E-state index in [0.29, 0.717) is 13.1 Å². The SMILES string of the molecule is CCCN(CC)S(=O)(=O)c1cnc[nH]1. The minimum Gasteiger partial charge on any atom is -0.335 e. The molecule has 0 unspecified atom stereocenters. The normalized spacial score (nSPS) is 12.2. The van der Waals surface area contributed by atoms with Gasteiger partial charge in [-0.2, -0.15) is 4.31 Å². The molecule has 6 heteroatoms. The van der Waals surface area contributed by atoms with E-state index in [-0.39, 0.29) is 5.03 Å². The van der Waals surface area contributed by atoms with Gasteiger partial charge in [0.25, 0.3) is 10.0 Å². The molecule has 0 aliphatic carbocycles. The molecule has 80 valence electrons. The summed E-state index contributed by atoms with van der Waals surface area (Å²) in [5.41, 5.74) is 0.